The molecule has 4 heteroatoms. The predicted octanol–water partition coefficient (Wildman–Crippen LogP) is 0.782. The van der Waals surface area contributed by atoms with Gasteiger partial charge in [-0.15, -0.1) is 0 Å². The Hall–Kier alpha value is -1.29. The van der Waals surface area contributed by atoms with Gasteiger partial charge in [-0.1, -0.05) is 0 Å². The van der Waals surface area contributed by atoms with Crippen LogP contribution in [0, 0.1) is 6.92 Å². The van der Waals surface area contributed by atoms with E-state index < -0.39 is 0 Å². The Morgan fingerprint density at radius 1 is 1.57 bits per heavy atom. The van der Waals surface area contributed by atoms with Crippen LogP contribution in [0.3, 0.4) is 0 Å². The maximum atomic E-state index is 5.22. The van der Waals surface area contributed by atoms with E-state index in [1.807, 2.05) is 13.0 Å². The van der Waals surface area contributed by atoms with Gasteiger partial charge < -0.3 is 15.4 Å². The first kappa shape index (κ1) is 9.27. The SMILES string of the molecule is COc1cnc(C)cc1NC1CNC1. The molecule has 0 aliphatic carbocycles. The van der Waals surface area contributed by atoms with Gasteiger partial charge in [0, 0.05) is 18.8 Å². The van der Waals surface area contributed by atoms with Gasteiger partial charge in [0.15, 0.2) is 5.75 Å². The summed E-state index contributed by atoms with van der Waals surface area (Å²) in [7, 11) is 1.66. The summed E-state index contributed by atoms with van der Waals surface area (Å²) in [5.41, 5.74) is 2.03. The van der Waals surface area contributed by atoms with Gasteiger partial charge in [-0.25, -0.2) is 0 Å². The van der Waals surface area contributed by atoms with Gasteiger partial charge in [0.1, 0.15) is 0 Å². The molecule has 0 spiro atoms. The minimum Gasteiger partial charge on any atom is -0.493 e. The normalized spacial score (nSPS) is 16.1. The van der Waals surface area contributed by atoms with Crippen LogP contribution in [0.15, 0.2) is 12.3 Å². The van der Waals surface area contributed by atoms with E-state index >= 15 is 0 Å². The Labute approximate surface area is 83.7 Å². The van der Waals surface area contributed by atoms with Gasteiger partial charge >= 0.3 is 0 Å². The maximum absolute atomic E-state index is 5.22. The first-order chi connectivity index (χ1) is 6.79. The van der Waals surface area contributed by atoms with Crippen molar-refractivity contribution in [2.75, 3.05) is 25.5 Å². The molecule has 1 aliphatic heterocycles. The van der Waals surface area contributed by atoms with Crippen molar-refractivity contribution in [2.45, 2.75) is 13.0 Å². The van der Waals surface area contributed by atoms with Crippen LogP contribution in [0.1, 0.15) is 5.69 Å². The minimum atomic E-state index is 0.519. The molecule has 1 saturated heterocycles. The highest BCUT2D eigenvalue weighted by Gasteiger charge is 2.17. The minimum absolute atomic E-state index is 0.519. The standard InChI is InChI=1S/C10H15N3O/c1-7-3-9(10(14-2)6-12-7)13-8-4-11-5-8/h3,6,8,11H,4-5H2,1-2H3,(H,12,13). The lowest BCUT2D eigenvalue weighted by Crippen LogP contribution is -2.51. The lowest BCUT2D eigenvalue weighted by atomic mass is 10.1. The van der Waals surface area contributed by atoms with E-state index in [4.69, 9.17) is 4.74 Å². The van der Waals surface area contributed by atoms with Gasteiger partial charge in [-0.3, -0.25) is 4.98 Å². The topological polar surface area (TPSA) is 46.2 Å². The van der Waals surface area contributed by atoms with Crippen LogP contribution in [0.4, 0.5) is 5.69 Å². The molecule has 1 aromatic rings. The zero-order valence-electron chi connectivity index (χ0n) is 8.50. The zero-order valence-corrected chi connectivity index (χ0v) is 8.50. The molecule has 1 aliphatic rings. The highest BCUT2D eigenvalue weighted by molar-refractivity contribution is 5.56. The molecule has 1 fully saturated rings. The zero-order chi connectivity index (χ0) is 9.97. The van der Waals surface area contributed by atoms with Crippen LogP contribution in [-0.4, -0.2) is 31.2 Å². The number of aromatic nitrogens is 1. The fourth-order valence-corrected chi connectivity index (χ4v) is 1.43. The quantitative estimate of drug-likeness (QED) is 0.744. The van der Waals surface area contributed by atoms with Crippen LogP contribution in [0.5, 0.6) is 5.75 Å². The Morgan fingerprint density at radius 3 is 2.93 bits per heavy atom. The lowest BCUT2D eigenvalue weighted by molar-refractivity contribution is 0.411. The molecule has 0 radical (unpaired) electrons. The number of hydrogen-bond donors (Lipinski definition) is 2. The number of nitrogens with zero attached hydrogens (tertiary/aromatic N) is 1. The summed E-state index contributed by atoms with van der Waals surface area (Å²) in [6.45, 7) is 4.01. The number of ether oxygens (including phenoxy) is 1. The molecule has 76 valence electrons. The van der Waals surface area contributed by atoms with E-state index in [0.29, 0.717) is 6.04 Å². The fraction of sp³-hybridized carbons (Fsp3) is 0.500. The molecule has 0 atom stereocenters. The van der Waals surface area contributed by atoms with Crippen molar-refractivity contribution in [3.63, 3.8) is 0 Å². The van der Waals surface area contributed by atoms with E-state index in [1.54, 1.807) is 13.3 Å². The van der Waals surface area contributed by atoms with E-state index in [2.05, 4.69) is 15.6 Å². The molecular formula is C10H15N3O. The Morgan fingerprint density at radius 2 is 2.36 bits per heavy atom. The molecule has 4 nitrogen and oxygen atoms in total. The second-order valence-electron chi connectivity index (χ2n) is 3.53. The third-order valence-electron chi connectivity index (χ3n) is 2.37. The monoisotopic (exact) mass is 193 g/mol. The van der Waals surface area contributed by atoms with Gasteiger partial charge in [-0.05, 0) is 13.0 Å². The summed E-state index contributed by atoms with van der Waals surface area (Å²) in [5.74, 6) is 0.808. The van der Waals surface area contributed by atoms with Gasteiger partial charge in [0.25, 0.3) is 0 Å². The van der Waals surface area contributed by atoms with Crippen LogP contribution in [-0.2, 0) is 0 Å². The molecule has 2 heterocycles. The van der Waals surface area contributed by atoms with Crippen LogP contribution < -0.4 is 15.4 Å². The Kier molecular flexibility index (Phi) is 2.54. The van der Waals surface area contributed by atoms with Gasteiger partial charge in [0.05, 0.1) is 25.0 Å². The van der Waals surface area contributed by atoms with E-state index in [9.17, 15) is 0 Å². The van der Waals surface area contributed by atoms with Gasteiger partial charge in [-0.2, -0.15) is 0 Å². The van der Waals surface area contributed by atoms with E-state index in [-0.39, 0.29) is 0 Å². The van der Waals surface area contributed by atoms with Gasteiger partial charge in [0.2, 0.25) is 0 Å². The van der Waals surface area contributed by atoms with Crippen LogP contribution >= 0.6 is 0 Å². The molecule has 0 aromatic carbocycles. The molecule has 1 aromatic heterocycles. The number of anilines is 1. The summed E-state index contributed by atoms with van der Waals surface area (Å²) in [4.78, 5) is 4.18. The average molecular weight is 193 g/mol. The third-order valence-corrected chi connectivity index (χ3v) is 2.37. The van der Waals surface area contributed by atoms with E-state index in [0.717, 1.165) is 30.2 Å². The molecule has 0 saturated carbocycles. The number of hydrogen-bond acceptors (Lipinski definition) is 4. The highest BCUT2D eigenvalue weighted by Crippen LogP contribution is 2.24. The number of nitrogens with one attached hydrogen (secondary N) is 2. The summed E-state index contributed by atoms with van der Waals surface area (Å²) < 4.78 is 5.22. The second-order valence-corrected chi connectivity index (χ2v) is 3.53. The molecule has 0 bridgehead atoms. The number of pyridine rings is 1. The first-order valence-corrected chi connectivity index (χ1v) is 4.77. The largest absolute Gasteiger partial charge is 0.493 e. The highest BCUT2D eigenvalue weighted by atomic mass is 16.5. The van der Waals surface area contributed by atoms with E-state index in [1.165, 1.54) is 0 Å². The number of aryl methyl sites for hydroxylation is 1. The molecule has 2 N–H and O–H groups in total. The van der Waals surface area contributed by atoms with Crippen molar-refractivity contribution in [1.82, 2.24) is 10.3 Å². The van der Waals surface area contributed by atoms with Crippen molar-refractivity contribution in [2.24, 2.45) is 0 Å². The molecule has 14 heavy (non-hydrogen) atoms. The second kappa shape index (κ2) is 3.84. The van der Waals surface area contributed by atoms with Crippen molar-refractivity contribution in [3.8, 4) is 5.75 Å². The Bertz CT molecular complexity index is 323. The molecule has 2 rings (SSSR count). The fourth-order valence-electron chi connectivity index (χ4n) is 1.43. The number of methoxy groups -OCH3 is 1. The van der Waals surface area contributed by atoms with Crippen molar-refractivity contribution < 1.29 is 4.74 Å². The molecule has 0 unspecified atom stereocenters. The van der Waals surface area contributed by atoms with Crippen LogP contribution in [0.25, 0.3) is 0 Å². The summed E-state index contributed by atoms with van der Waals surface area (Å²) in [6, 6.07) is 2.53. The smallest absolute Gasteiger partial charge is 0.160 e. The van der Waals surface area contributed by atoms with Crippen molar-refractivity contribution in [3.05, 3.63) is 18.0 Å². The predicted molar refractivity (Wildman–Crippen MR) is 55.8 cm³/mol. The number of rotatable bonds is 3. The first-order valence-electron chi connectivity index (χ1n) is 4.77. The summed E-state index contributed by atoms with van der Waals surface area (Å²) >= 11 is 0. The Balaban J connectivity index is 2.15. The lowest BCUT2D eigenvalue weighted by Gasteiger charge is -2.29. The average Bonchev–Trinajstić information content (AvgIpc) is 2.12. The summed E-state index contributed by atoms with van der Waals surface area (Å²) in [5, 5.41) is 6.63. The maximum Gasteiger partial charge on any atom is 0.160 e. The van der Waals surface area contributed by atoms with Crippen LogP contribution in [0.2, 0.25) is 0 Å². The molecular weight excluding hydrogens is 178 g/mol. The third kappa shape index (κ3) is 1.80. The van der Waals surface area contributed by atoms with Crippen molar-refractivity contribution in [1.29, 1.82) is 0 Å². The summed E-state index contributed by atoms with van der Waals surface area (Å²) in [6.07, 6.45) is 1.75. The molecule has 0 amide bonds. The van der Waals surface area contributed by atoms with Crippen molar-refractivity contribution >= 4 is 5.69 Å².